The van der Waals surface area contributed by atoms with Gasteiger partial charge in [-0.25, -0.2) is 0 Å². The number of nitrogens with one attached hydrogen (secondary N) is 1. The van der Waals surface area contributed by atoms with Crippen LogP contribution in [0.15, 0.2) is 24.4 Å². The molecule has 0 spiro atoms. The Morgan fingerprint density at radius 1 is 1.47 bits per heavy atom. The Morgan fingerprint density at radius 2 is 2.24 bits per heavy atom. The van der Waals surface area contributed by atoms with E-state index in [9.17, 15) is 0 Å². The molecule has 0 amide bonds. The van der Waals surface area contributed by atoms with Gasteiger partial charge in [0, 0.05) is 19.3 Å². The summed E-state index contributed by atoms with van der Waals surface area (Å²) in [6, 6.07) is 6.53. The van der Waals surface area contributed by atoms with Crippen LogP contribution in [0.3, 0.4) is 0 Å². The van der Waals surface area contributed by atoms with E-state index in [1.54, 1.807) is 0 Å². The van der Waals surface area contributed by atoms with Crippen LogP contribution < -0.4 is 5.32 Å². The molecule has 0 bridgehead atoms. The third kappa shape index (κ3) is 3.66. The maximum Gasteiger partial charge on any atom is 0.169 e. The monoisotopic (exact) mass is 249 g/mol. The maximum absolute atomic E-state index is 5.40. The molecule has 92 valence electrons. The van der Waals surface area contributed by atoms with E-state index in [0.29, 0.717) is 6.04 Å². The summed E-state index contributed by atoms with van der Waals surface area (Å²) in [7, 11) is 2.01. The molecule has 1 aromatic rings. The first kappa shape index (κ1) is 12.3. The van der Waals surface area contributed by atoms with Crippen molar-refractivity contribution in [1.82, 2.24) is 15.2 Å². The summed E-state index contributed by atoms with van der Waals surface area (Å²) in [5.41, 5.74) is 1.05. The van der Waals surface area contributed by atoms with Crippen LogP contribution in [-0.2, 0) is 6.54 Å². The Balaban J connectivity index is 1.82. The molecular formula is C13H19N3S. The van der Waals surface area contributed by atoms with Gasteiger partial charge < -0.3 is 10.2 Å². The highest BCUT2D eigenvalue weighted by atomic mass is 32.1. The normalized spacial score (nSPS) is 15.8. The number of pyridine rings is 1. The summed E-state index contributed by atoms with van der Waals surface area (Å²) in [6.07, 6.45) is 6.96. The van der Waals surface area contributed by atoms with Gasteiger partial charge in [0.15, 0.2) is 5.11 Å². The number of hydrogen-bond acceptors (Lipinski definition) is 2. The van der Waals surface area contributed by atoms with Gasteiger partial charge in [0.2, 0.25) is 0 Å². The van der Waals surface area contributed by atoms with E-state index in [4.69, 9.17) is 12.2 Å². The highest BCUT2D eigenvalue weighted by Gasteiger charge is 2.17. The Bertz CT molecular complexity index is 360. The lowest BCUT2D eigenvalue weighted by atomic mass is 10.2. The summed E-state index contributed by atoms with van der Waals surface area (Å²) < 4.78 is 0. The maximum atomic E-state index is 5.40. The van der Waals surface area contributed by atoms with Crippen molar-refractivity contribution in [3.63, 3.8) is 0 Å². The van der Waals surface area contributed by atoms with Gasteiger partial charge in [-0.1, -0.05) is 18.9 Å². The van der Waals surface area contributed by atoms with Gasteiger partial charge in [-0.05, 0) is 37.2 Å². The lowest BCUT2D eigenvalue weighted by Gasteiger charge is -2.23. The van der Waals surface area contributed by atoms with Crippen molar-refractivity contribution < 1.29 is 0 Å². The number of rotatable bonds is 3. The molecule has 1 aliphatic rings. The van der Waals surface area contributed by atoms with E-state index in [2.05, 4.69) is 15.2 Å². The van der Waals surface area contributed by atoms with Crippen LogP contribution in [-0.4, -0.2) is 28.1 Å². The fraction of sp³-hybridized carbons (Fsp3) is 0.538. The van der Waals surface area contributed by atoms with Gasteiger partial charge in [-0.3, -0.25) is 4.98 Å². The van der Waals surface area contributed by atoms with Crippen molar-refractivity contribution in [1.29, 1.82) is 0 Å². The predicted molar refractivity (Wildman–Crippen MR) is 73.7 cm³/mol. The van der Waals surface area contributed by atoms with Crippen LogP contribution in [0.4, 0.5) is 0 Å². The smallest absolute Gasteiger partial charge is 0.169 e. The highest BCUT2D eigenvalue weighted by Crippen LogP contribution is 2.17. The Kier molecular flexibility index (Phi) is 4.31. The van der Waals surface area contributed by atoms with E-state index in [0.717, 1.165) is 17.4 Å². The van der Waals surface area contributed by atoms with E-state index >= 15 is 0 Å². The number of hydrogen-bond donors (Lipinski definition) is 1. The van der Waals surface area contributed by atoms with E-state index in [1.807, 2.05) is 31.4 Å². The fourth-order valence-corrected chi connectivity index (χ4v) is 2.39. The minimum Gasteiger partial charge on any atom is -0.360 e. The summed E-state index contributed by atoms with van der Waals surface area (Å²) in [5, 5.41) is 4.26. The molecule has 1 saturated carbocycles. The first-order valence-corrected chi connectivity index (χ1v) is 6.58. The average molecular weight is 249 g/mol. The summed E-state index contributed by atoms with van der Waals surface area (Å²) in [5.74, 6) is 0. The van der Waals surface area contributed by atoms with Crippen molar-refractivity contribution in [3.05, 3.63) is 30.1 Å². The minimum absolute atomic E-state index is 0.577. The average Bonchev–Trinajstić information content (AvgIpc) is 2.83. The van der Waals surface area contributed by atoms with Crippen LogP contribution in [0.1, 0.15) is 31.4 Å². The molecule has 0 radical (unpaired) electrons. The zero-order valence-corrected chi connectivity index (χ0v) is 11.0. The van der Waals surface area contributed by atoms with Crippen LogP contribution in [0.2, 0.25) is 0 Å². The van der Waals surface area contributed by atoms with Crippen molar-refractivity contribution in [3.8, 4) is 0 Å². The molecule has 0 saturated heterocycles. The molecular weight excluding hydrogens is 230 g/mol. The standard InChI is InChI=1S/C13H19N3S/c1-16(10-12-8-4-5-9-14-12)13(17)15-11-6-2-3-7-11/h4-5,8-9,11H,2-3,6-7,10H2,1H3,(H,15,17). The molecule has 0 atom stereocenters. The molecule has 17 heavy (non-hydrogen) atoms. The van der Waals surface area contributed by atoms with Crippen LogP contribution in [0.25, 0.3) is 0 Å². The Labute approximate surface area is 108 Å². The second-order valence-corrected chi connectivity index (χ2v) is 4.99. The minimum atomic E-state index is 0.577. The quantitative estimate of drug-likeness (QED) is 0.832. The molecule has 2 rings (SSSR count). The van der Waals surface area contributed by atoms with Crippen LogP contribution in [0, 0.1) is 0 Å². The lowest BCUT2D eigenvalue weighted by Crippen LogP contribution is -2.41. The molecule has 3 nitrogen and oxygen atoms in total. The molecule has 0 aliphatic heterocycles. The molecule has 0 aromatic carbocycles. The number of aromatic nitrogens is 1. The molecule has 4 heteroatoms. The summed E-state index contributed by atoms with van der Waals surface area (Å²) in [4.78, 5) is 6.36. The van der Waals surface area contributed by atoms with Gasteiger partial charge in [0.1, 0.15) is 0 Å². The largest absolute Gasteiger partial charge is 0.360 e. The van der Waals surface area contributed by atoms with Gasteiger partial charge in [-0.2, -0.15) is 0 Å². The highest BCUT2D eigenvalue weighted by molar-refractivity contribution is 7.80. The molecule has 1 N–H and O–H groups in total. The molecule has 1 heterocycles. The van der Waals surface area contributed by atoms with E-state index in [1.165, 1.54) is 25.7 Å². The molecule has 1 fully saturated rings. The lowest BCUT2D eigenvalue weighted by molar-refractivity contribution is 0.465. The SMILES string of the molecule is CN(Cc1ccccn1)C(=S)NC1CCCC1. The van der Waals surface area contributed by atoms with Crippen molar-refractivity contribution in [2.24, 2.45) is 0 Å². The second-order valence-electron chi connectivity index (χ2n) is 4.61. The van der Waals surface area contributed by atoms with E-state index < -0.39 is 0 Å². The first-order chi connectivity index (χ1) is 8.25. The van der Waals surface area contributed by atoms with Gasteiger partial charge in [-0.15, -0.1) is 0 Å². The topological polar surface area (TPSA) is 28.2 Å². The molecule has 1 aromatic heterocycles. The molecule has 0 unspecified atom stereocenters. The zero-order chi connectivity index (χ0) is 12.1. The number of thiocarbonyl (C=S) groups is 1. The van der Waals surface area contributed by atoms with Gasteiger partial charge >= 0.3 is 0 Å². The Morgan fingerprint density at radius 3 is 2.88 bits per heavy atom. The van der Waals surface area contributed by atoms with Gasteiger partial charge in [0.05, 0.1) is 12.2 Å². The van der Waals surface area contributed by atoms with Crippen molar-refractivity contribution in [2.45, 2.75) is 38.3 Å². The second kappa shape index (κ2) is 5.96. The predicted octanol–water partition coefficient (Wildman–Crippen LogP) is 2.33. The van der Waals surface area contributed by atoms with E-state index in [-0.39, 0.29) is 0 Å². The number of nitrogens with zero attached hydrogens (tertiary/aromatic N) is 2. The fourth-order valence-electron chi connectivity index (χ4n) is 2.16. The first-order valence-electron chi connectivity index (χ1n) is 6.17. The van der Waals surface area contributed by atoms with Crippen molar-refractivity contribution >= 4 is 17.3 Å². The third-order valence-corrected chi connectivity index (χ3v) is 3.58. The van der Waals surface area contributed by atoms with Crippen LogP contribution >= 0.6 is 12.2 Å². The third-order valence-electron chi connectivity index (χ3n) is 3.15. The summed E-state index contributed by atoms with van der Waals surface area (Å²) >= 11 is 5.40. The zero-order valence-electron chi connectivity index (χ0n) is 10.2. The van der Waals surface area contributed by atoms with Crippen molar-refractivity contribution in [2.75, 3.05) is 7.05 Å². The Hall–Kier alpha value is -1.16. The van der Waals surface area contributed by atoms with Gasteiger partial charge in [0.25, 0.3) is 0 Å². The van der Waals surface area contributed by atoms with Crippen LogP contribution in [0.5, 0.6) is 0 Å². The molecule has 1 aliphatic carbocycles. The summed E-state index contributed by atoms with van der Waals surface area (Å²) in [6.45, 7) is 0.763.